The van der Waals surface area contributed by atoms with Crippen molar-refractivity contribution >= 4 is 33.2 Å². The van der Waals surface area contributed by atoms with Crippen molar-refractivity contribution in [2.45, 2.75) is 6.92 Å². The van der Waals surface area contributed by atoms with Crippen molar-refractivity contribution in [3.05, 3.63) is 53.9 Å². The van der Waals surface area contributed by atoms with Crippen LogP contribution in [0, 0.1) is 0 Å². The summed E-state index contributed by atoms with van der Waals surface area (Å²) in [7, 11) is 0. The standard InChI is InChI=1S/C17H15NO2S/c1-2-20-17(19)18-15-9-5-3-7-12(15)14-11-21-16-10-6-4-8-13(14)16/h3-11H,2H2,1H3,(H,18,19). The molecular formula is C17H15NO2S. The fraction of sp³-hybridized carbons (Fsp3) is 0.118. The van der Waals surface area contributed by atoms with Crippen molar-refractivity contribution in [1.82, 2.24) is 0 Å². The van der Waals surface area contributed by atoms with Gasteiger partial charge in [0.05, 0.1) is 12.3 Å². The van der Waals surface area contributed by atoms with E-state index in [1.807, 2.05) is 36.4 Å². The van der Waals surface area contributed by atoms with Gasteiger partial charge in [0.15, 0.2) is 0 Å². The maximum absolute atomic E-state index is 11.7. The van der Waals surface area contributed by atoms with E-state index in [-0.39, 0.29) is 0 Å². The van der Waals surface area contributed by atoms with Gasteiger partial charge in [-0.3, -0.25) is 5.32 Å². The van der Waals surface area contributed by atoms with Crippen LogP contribution in [-0.4, -0.2) is 12.7 Å². The van der Waals surface area contributed by atoms with E-state index in [0.717, 1.165) is 16.8 Å². The molecule has 2 aromatic carbocycles. The normalized spacial score (nSPS) is 10.5. The van der Waals surface area contributed by atoms with Crippen molar-refractivity contribution < 1.29 is 9.53 Å². The lowest BCUT2D eigenvalue weighted by molar-refractivity contribution is 0.168. The van der Waals surface area contributed by atoms with E-state index >= 15 is 0 Å². The third kappa shape index (κ3) is 2.76. The molecule has 4 heteroatoms. The van der Waals surface area contributed by atoms with Crippen LogP contribution in [0.1, 0.15) is 6.92 Å². The average Bonchev–Trinajstić information content (AvgIpc) is 2.92. The Morgan fingerprint density at radius 2 is 1.86 bits per heavy atom. The van der Waals surface area contributed by atoms with Crippen LogP contribution in [0.4, 0.5) is 10.5 Å². The number of para-hydroxylation sites is 1. The highest BCUT2D eigenvalue weighted by Crippen LogP contribution is 2.37. The Morgan fingerprint density at radius 3 is 2.71 bits per heavy atom. The van der Waals surface area contributed by atoms with Crippen LogP contribution in [0.5, 0.6) is 0 Å². The molecule has 0 bridgehead atoms. The minimum absolute atomic E-state index is 0.357. The Morgan fingerprint density at radius 1 is 1.10 bits per heavy atom. The molecule has 1 aromatic heterocycles. The molecule has 3 rings (SSSR count). The second kappa shape index (κ2) is 5.97. The monoisotopic (exact) mass is 297 g/mol. The van der Waals surface area contributed by atoms with Crippen molar-refractivity contribution in [3.63, 3.8) is 0 Å². The van der Waals surface area contributed by atoms with E-state index in [1.165, 1.54) is 10.1 Å². The van der Waals surface area contributed by atoms with Gasteiger partial charge >= 0.3 is 6.09 Å². The lowest BCUT2D eigenvalue weighted by Crippen LogP contribution is -2.13. The third-order valence-electron chi connectivity index (χ3n) is 3.21. The van der Waals surface area contributed by atoms with Gasteiger partial charge in [-0.25, -0.2) is 4.79 Å². The minimum Gasteiger partial charge on any atom is -0.450 e. The van der Waals surface area contributed by atoms with Gasteiger partial charge in [-0.1, -0.05) is 36.4 Å². The number of carbonyl (C=O) groups excluding carboxylic acids is 1. The van der Waals surface area contributed by atoms with Gasteiger partial charge in [-0.2, -0.15) is 0 Å². The van der Waals surface area contributed by atoms with E-state index in [1.54, 1.807) is 18.3 Å². The third-order valence-corrected chi connectivity index (χ3v) is 4.17. The molecule has 3 nitrogen and oxygen atoms in total. The molecule has 0 fully saturated rings. The average molecular weight is 297 g/mol. The summed E-state index contributed by atoms with van der Waals surface area (Å²) < 4.78 is 6.19. The number of benzene rings is 2. The molecule has 21 heavy (non-hydrogen) atoms. The van der Waals surface area contributed by atoms with Gasteiger partial charge in [0.1, 0.15) is 0 Å². The molecule has 0 saturated carbocycles. The smallest absolute Gasteiger partial charge is 0.411 e. The molecule has 0 aliphatic rings. The molecule has 0 atom stereocenters. The first-order valence-corrected chi connectivity index (χ1v) is 7.67. The van der Waals surface area contributed by atoms with E-state index < -0.39 is 6.09 Å². The van der Waals surface area contributed by atoms with Gasteiger partial charge < -0.3 is 4.74 Å². The summed E-state index contributed by atoms with van der Waals surface area (Å²) in [6.07, 6.45) is -0.426. The van der Waals surface area contributed by atoms with Crippen molar-refractivity contribution in [1.29, 1.82) is 0 Å². The number of ether oxygens (including phenoxy) is 1. The van der Waals surface area contributed by atoms with Crippen LogP contribution in [-0.2, 0) is 4.74 Å². The second-order valence-corrected chi connectivity index (χ2v) is 5.45. The zero-order valence-corrected chi connectivity index (χ0v) is 12.4. The van der Waals surface area contributed by atoms with E-state index in [9.17, 15) is 4.79 Å². The second-order valence-electron chi connectivity index (χ2n) is 4.54. The van der Waals surface area contributed by atoms with Crippen LogP contribution in [0.2, 0.25) is 0 Å². The summed E-state index contributed by atoms with van der Waals surface area (Å²) in [4.78, 5) is 11.7. The van der Waals surface area contributed by atoms with E-state index in [2.05, 4.69) is 22.8 Å². The maximum Gasteiger partial charge on any atom is 0.411 e. The molecule has 0 radical (unpaired) electrons. The van der Waals surface area contributed by atoms with Crippen LogP contribution in [0.15, 0.2) is 53.9 Å². The Hall–Kier alpha value is -2.33. The van der Waals surface area contributed by atoms with Gasteiger partial charge in [-0.05, 0) is 24.4 Å². The molecule has 0 unspecified atom stereocenters. The molecule has 0 aliphatic heterocycles. The lowest BCUT2D eigenvalue weighted by Gasteiger charge is -2.10. The number of nitrogens with one attached hydrogen (secondary N) is 1. The number of thiophene rings is 1. The van der Waals surface area contributed by atoms with Gasteiger partial charge in [-0.15, -0.1) is 11.3 Å². The first-order valence-electron chi connectivity index (χ1n) is 6.79. The quantitative estimate of drug-likeness (QED) is 0.727. The highest BCUT2D eigenvalue weighted by atomic mass is 32.1. The molecule has 1 N–H and O–H groups in total. The molecule has 0 saturated heterocycles. The van der Waals surface area contributed by atoms with Crippen LogP contribution in [0.25, 0.3) is 21.2 Å². The highest BCUT2D eigenvalue weighted by Gasteiger charge is 2.12. The predicted molar refractivity (Wildman–Crippen MR) is 87.9 cm³/mol. The zero-order chi connectivity index (χ0) is 14.7. The topological polar surface area (TPSA) is 38.3 Å². The number of hydrogen-bond acceptors (Lipinski definition) is 3. The number of rotatable bonds is 3. The van der Waals surface area contributed by atoms with Gasteiger partial charge in [0, 0.05) is 21.2 Å². The Balaban J connectivity index is 2.04. The van der Waals surface area contributed by atoms with Crippen LogP contribution in [0.3, 0.4) is 0 Å². The number of amides is 1. The molecule has 1 heterocycles. The Kier molecular flexibility index (Phi) is 3.88. The SMILES string of the molecule is CCOC(=O)Nc1ccccc1-c1csc2ccccc12. The largest absolute Gasteiger partial charge is 0.450 e. The van der Waals surface area contributed by atoms with Gasteiger partial charge in [0.25, 0.3) is 0 Å². The molecule has 0 aliphatic carbocycles. The summed E-state index contributed by atoms with van der Waals surface area (Å²) in [5.74, 6) is 0. The fourth-order valence-electron chi connectivity index (χ4n) is 2.29. The van der Waals surface area contributed by atoms with Crippen molar-refractivity contribution in [3.8, 4) is 11.1 Å². The first-order chi connectivity index (χ1) is 10.3. The Labute approximate surface area is 127 Å². The van der Waals surface area contributed by atoms with Crippen molar-refractivity contribution in [2.24, 2.45) is 0 Å². The fourth-order valence-corrected chi connectivity index (χ4v) is 3.25. The van der Waals surface area contributed by atoms with E-state index in [4.69, 9.17) is 4.74 Å². The predicted octanol–water partition coefficient (Wildman–Crippen LogP) is 5.14. The lowest BCUT2D eigenvalue weighted by atomic mass is 10.0. The van der Waals surface area contributed by atoms with Crippen LogP contribution < -0.4 is 5.32 Å². The maximum atomic E-state index is 11.7. The highest BCUT2D eigenvalue weighted by molar-refractivity contribution is 7.17. The Bertz CT molecular complexity index is 779. The summed E-state index contributed by atoms with van der Waals surface area (Å²) >= 11 is 1.70. The summed E-state index contributed by atoms with van der Waals surface area (Å²) in [5.41, 5.74) is 2.89. The molecule has 0 spiro atoms. The minimum atomic E-state index is -0.426. The molecular weight excluding hydrogens is 282 g/mol. The molecule has 3 aromatic rings. The van der Waals surface area contributed by atoms with Crippen molar-refractivity contribution in [2.75, 3.05) is 11.9 Å². The number of carbonyl (C=O) groups is 1. The number of anilines is 1. The first kappa shape index (κ1) is 13.6. The summed E-state index contributed by atoms with van der Waals surface area (Å²) in [5, 5.41) is 6.12. The van der Waals surface area contributed by atoms with Crippen LogP contribution >= 0.6 is 11.3 Å². The molecule has 106 valence electrons. The summed E-state index contributed by atoms with van der Waals surface area (Å²) in [6, 6.07) is 16.0. The summed E-state index contributed by atoms with van der Waals surface area (Å²) in [6.45, 7) is 2.15. The number of fused-ring (bicyclic) bond motifs is 1. The molecule has 1 amide bonds. The zero-order valence-electron chi connectivity index (χ0n) is 11.6. The van der Waals surface area contributed by atoms with E-state index in [0.29, 0.717) is 6.61 Å². The van der Waals surface area contributed by atoms with Gasteiger partial charge in [0.2, 0.25) is 0 Å². The number of hydrogen-bond donors (Lipinski definition) is 1.